The minimum absolute atomic E-state index is 0.0920. The van der Waals surface area contributed by atoms with E-state index >= 15 is 0 Å². The summed E-state index contributed by atoms with van der Waals surface area (Å²) in [5.74, 6) is 1.85. The second kappa shape index (κ2) is 14.9. The number of rotatable bonds is 12. The Morgan fingerprint density at radius 3 is 1.60 bits per heavy atom. The van der Waals surface area contributed by atoms with Gasteiger partial charge in [0.15, 0.2) is 0 Å². The Hall–Kier alpha value is 0.890. The van der Waals surface area contributed by atoms with Gasteiger partial charge in [-0.25, -0.2) is 0 Å². The lowest BCUT2D eigenvalue weighted by atomic mass is 10.7. The van der Waals surface area contributed by atoms with Crippen molar-refractivity contribution in [2.75, 3.05) is 51.1 Å². The maximum Gasteiger partial charge on any atom is 0.0698 e. The van der Waals surface area contributed by atoms with Gasteiger partial charge in [-0.3, -0.25) is 0 Å². The quantitative estimate of drug-likeness (QED) is 0.407. The second-order valence-electron chi connectivity index (χ2n) is 2.38. The average Bonchev–Trinajstić information content (AvgIpc) is 2.26. The summed E-state index contributed by atoms with van der Waals surface area (Å²) >= 11 is 0. The van der Waals surface area contributed by atoms with E-state index in [0.717, 1.165) is 11.5 Å². The van der Waals surface area contributed by atoms with Crippen LogP contribution in [0.25, 0.3) is 0 Å². The predicted octanol–water partition coefficient (Wildman–Crippen LogP) is 1.03. The van der Waals surface area contributed by atoms with E-state index in [1.165, 1.54) is 0 Å². The molecule has 0 unspecified atom stereocenters. The standard InChI is InChI=1S/C8H18O4S3/c9-1-3-11-5-7-13-15-14-8-6-12-4-2-10/h9-10H,1-8H2. The van der Waals surface area contributed by atoms with Crippen molar-refractivity contribution in [1.29, 1.82) is 0 Å². The van der Waals surface area contributed by atoms with E-state index in [1.807, 2.05) is 0 Å². The van der Waals surface area contributed by atoms with E-state index in [2.05, 4.69) is 0 Å². The summed E-state index contributed by atoms with van der Waals surface area (Å²) in [5, 5.41) is 16.9. The fourth-order valence-electron chi connectivity index (χ4n) is 0.621. The van der Waals surface area contributed by atoms with Crippen LogP contribution < -0.4 is 0 Å². The molecular weight excluding hydrogens is 256 g/mol. The zero-order chi connectivity index (χ0) is 11.2. The van der Waals surface area contributed by atoms with E-state index in [4.69, 9.17) is 19.7 Å². The van der Waals surface area contributed by atoms with Gasteiger partial charge in [0, 0.05) is 11.5 Å². The van der Waals surface area contributed by atoms with E-state index in [0.29, 0.717) is 26.4 Å². The van der Waals surface area contributed by atoms with Crippen molar-refractivity contribution in [3.05, 3.63) is 0 Å². The highest BCUT2D eigenvalue weighted by molar-refractivity contribution is 9.09. The Morgan fingerprint density at radius 2 is 1.20 bits per heavy atom. The topological polar surface area (TPSA) is 58.9 Å². The van der Waals surface area contributed by atoms with Gasteiger partial charge >= 0.3 is 0 Å². The molecule has 4 nitrogen and oxygen atoms in total. The van der Waals surface area contributed by atoms with Crippen molar-refractivity contribution in [3.63, 3.8) is 0 Å². The first kappa shape index (κ1) is 15.9. The molecule has 2 N–H and O–H groups in total. The van der Waals surface area contributed by atoms with Crippen LogP contribution in [-0.2, 0) is 9.47 Å². The lowest BCUT2D eigenvalue weighted by Gasteiger charge is -2.02. The van der Waals surface area contributed by atoms with Gasteiger partial charge in [-0.2, -0.15) is 0 Å². The van der Waals surface area contributed by atoms with Crippen LogP contribution in [0, 0.1) is 0 Å². The number of hydrogen-bond donors (Lipinski definition) is 2. The third-order valence-corrected chi connectivity index (χ3v) is 5.36. The van der Waals surface area contributed by atoms with Gasteiger partial charge in [-0.15, -0.1) is 0 Å². The highest BCUT2D eigenvalue weighted by Crippen LogP contribution is 2.33. The summed E-state index contributed by atoms with van der Waals surface area (Å²) < 4.78 is 10.2. The minimum atomic E-state index is 0.0920. The van der Waals surface area contributed by atoms with Gasteiger partial charge in [0.2, 0.25) is 0 Å². The van der Waals surface area contributed by atoms with Crippen molar-refractivity contribution >= 4 is 31.4 Å². The van der Waals surface area contributed by atoms with Crippen molar-refractivity contribution in [2.45, 2.75) is 0 Å². The molecule has 0 bridgehead atoms. The molecule has 0 fully saturated rings. The molecule has 0 radical (unpaired) electrons. The smallest absolute Gasteiger partial charge is 0.0698 e. The van der Waals surface area contributed by atoms with Crippen LogP contribution >= 0.6 is 31.4 Å². The van der Waals surface area contributed by atoms with Crippen LogP contribution in [0.3, 0.4) is 0 Å². The largest absolute Gasteiger partial charge is 0.394 e. The molecule has 0 aliphatic carbocycles. The first-order valence-corrected chi connectivity index (χ1v) is 8.52. The van der Waals surface area contributed by atoms with Gasteiger partial charge < -0.3 is 19.7 Å². The SMILES string of the molecule is OCCOCCSSSCCOCCO. The molecule has 7 heteroatoms. The van der Waals surface area contributed by atoms with Crippen LogP contribution in [0.4, 0.5) is 0 Å². The Balaban J connectivity index is 2.81. The van der Waals surface area contributed by atoms with Gasteiger partial charge in [0.25, 0.3) is 0 Å². The molecule has 0 aromatic carbocycles. The molecular formula is C8H18O4S3. The average molecular weight is 274 g/mol. The Morgan fingerprint density at radius 1 is 0.733 bits per heavy atom. The summed E-state index contributed by atoms with van der Waals surface area (Å²) in [4.78, 5) is 0. The second-order valence-corrected chi connectivity index (χ2v) is 6.86. The number of ether oxygens (including phenoxy) is 2. The molecule has 92 valence electrons. The maximum absolute atomic E-state index is 8.44. The van der Waals surface area contributed by atoms with E-state index < -0.39 is 0 Å². The third-order valence-electron chi connectivity index (χ3n) is 1.19. The maximum atomic E-state index is 8.44. The molecule has 0 saturated heterocycles. The zero-order valence-corrected chi connectivity index (χ0v) is 11.0. The summed E-state index contributed by atoms with van der Waals surface area (Å²) in [6, 6.07) is 0. The van der Waals surface area contributed by atoms with Gasteiger partial charge in [0.05, 0.1) is 39.6 Å². The van der Waals surface area contributed by atoms with E-state index in [9.17, 15) is 0 Å². The van der Waals surface area contributed by atoms with Gasteiger partial charge in [0.1, 0.15) is 0 Å². The number of aliphatic hydroxyl groups excluding tert-OH is 2. The van der Waals surface area contributed by atoms with Crippen LogP contribution in [-0.4, -0.2) is 61.4 Å². The highest BCUT2D eigenvalue weighted by atomic mass is 33.5. The lowest BCUT2D eigenvalue weighted by Crippen LogP contribution is -2.02. The third kappa shape index (κ3) is 14.9. The van der Waals surface area contributed by atoms with Crippen LogP contribution in [0.2, 0.25) is 0 Å². The summed E-state index contributed by atoms with van der Waals surface area (Å²) in [6.45, 7) is 2.39. The number of hydrogen-bond acceptors (Lipinski definition) is 7. The molecule has 0 atom stereocenters. The summed E-state index contributed by atoms with van der Waals surface area (Å²) in [5.41, 5.74) is 0. The molecule has 0 rings (SSSR count). The normalized spacial score (nSPS) is 10.8. The van der Waals surface area contributed by atoms with Crippen molar-refractivity contribution in [2.24, 2.45) is 0 Å². The van der Waals surface area contributed by atoms with Crippen molar-refractivity contribution in [3.8, 4) is 0 Å². The zero-order valence-electron chi connectivity index (χ0n) is 8.59. The van der Waals surface area contributed by atoms with Crippen LogP contribution in [0.1, 0.15) is 0 Å². The Kier molecular flexibility index (Phi) is 15.8. The molecule has 0 aromatic heterocycles. The molecule has 0 amide bonds. The molecule has 0 aromatic rings. The first-order chi connectivity index (χ1) is 7.41. The molecule has 0 spiro atoms. The van der Waals surface area contributed by atoms with Crippen molar-refractivity contribution < 1.29 is 19.7 Å². The monoisotopic (exact) mass is 274 g/mol. The Labute approximate surface area is 102 Å². The van der Waals surface area contributed by atoms with Gasteiger partial charge in [-0.05, 0) is 9.83 Å². The molecule has 0 aliphatic rings. The highest BCUT2D eigenvalue weighted by Gasteiger charge is 1.93. The fourth-order valence-corrected chi connectivity index (χ4v) is 4.05. The van der Waals surface area contributed by atoms with E-state index in [-0.39, 0.29) is 13.2 Å². The Bertz CT molecular complexity index is 106. The van der Waals surface area contributed by atoms with Gasteiger partial charge in [-0.1, -0.05) is 21.6 Å². The van der Waals surface area contributed by atoms with Crippen LogP contribution in [0.15, 0.2) is 0 Å². The molecule has 0 aliphatic heterocycles. The number of aliphatic hydroxyl groups is 2. The fraction of sp³-hybridized carbons (Fsp3) is 1.00. The van der Waals surface area contributed by atoms with Crippen LogP contribution in [0.5, 0.6) is 0 Å². The van der Waals surface area contributed by atoms with E-state index in [1.54, 1.807) is 31.4 Å². The minimum Gasteiger partial charge on any atom is -0.394 e. The molecule has 0 heterocycles. The molecule has 0 saturated carbocycles. The molecule has 15 heavy (non-hydrogen) atoms. The summed E-state index contributed by atoms with van der Waals surface area (Å²) in [6.07, 6.45) is 0. The summed E-state index contributed by atoms with van der Waals surface area (Å²) in [7, 11) is 5.19. The van der Waals surface area contributed by atoms with Crippen molar-refractivity contribution in [1.82, 2.24) is 0 Å². The lowest BCUT2D eigenvalue weighted by molar-refractivity contribution is 0.103. The first-order valence-electron chi connectivity index (χ1n) is 4.70. The predicted molar refractivity (Wildman–Crippen MR) is 68.3 cm³/mol.